The number of nitrogens with one attached hydrogen (secondary N) is 1. The number of nitrogen functional groups attached to an aromatic ring is 1. The normalized spacial score (nSPS) is 11.4. The van der Waals surface area contributed by atoms with Crippen molar-refractivity contribution in [1.29, 1.82) is 0 Å². The first kappa shape index (κ1) is 15.1. The lowest BCUT2D eigenvalue weighted by molar-refractivity contribution is 0.300. The van der Waals surface area contributed by atoms with Gasteiger partial charge in [-0.25, -0.2) is 4.98 Å². The summed E-state index contributed by atoms with van der Waals surface area (Å²) in [6, 6.07) is 4.08. The smallest absolute Gasteiger partial charge is 0.0907 e. The van der Waals surface area contributed by atoms with Gasteiger partial charge in [0.05, 0.1) is 26.6 Å². The van der Waals surface area contributed by atoms with Crippen molar-refractivity contribution in [3.8, 4) is 0 Å². The van der Waals surface area contributed by atoms with E-state index in [-0.39, 0.29) is 0 Å². The Bertz CT molecular complexity index is 564. The lowest BCUT2D eigenvalue weighted by Gasteiger charge is -2.20. The van der Waals surface area contributed by atoms with Crippen LogP contribution < -0.4 is 11.1 Å². The van der Waals surface area contributed by atoms with E-state index in [0.717, 1.165) is 52.8 Å². The van der Waals surface area contributed by atoms with Gasteiger partial charge in [0.2, 0.25) is 0 Å². The van der Waals surface area contributed by atoms with Crippen LogP contribution in [0.1, 0.15) is 25.3 Å². The summed E-state index contributed by atoms with van der Waals surface area (Å²) in [7, 11) is 0. The minimum Gasteiger partial charge on any atom is -0.397 e. The number of nitrogens with two attached hydrogens (primary N) is 1. The number of aromatic nitrogens is 1. The maximum absolute atomic E-state index is 6.11. The number of nitrogens with zero attached hydrogens (tertiary/aromatic N) is 2. The molecule has 0 radical (unpaired) electrons. The Hall–Kier alpha value is -1.33. The molecule has 0 atom stereocenters. The van der Waals surface area contributed by atoms with E-state index in [4.69, 9.17) is 5.73 Å². The number of benzene rings is 1. The van der Waals surface area contributed by atoms with Crippen LogP contribution >= 0.6 is 11.3 Å². The summed E-state index contributed by atoms with van der Waals surface area (Å²) >= 11 is 1.69. The number of anilines is 2. The minimum absolute atomic E-state index is 0.805. The van der Waals surface area contributed by atoms with Crippen molar-refractivity contribution in [2.75, 3.05) is 37.2 Å². The van der Waals surface area contributed by atoms with E-state index < -0.39 is 0 Å². The monoisotopic (exact) mass is 292 g/mol. The third-order valence-electron chi connectivity index (χ3n) is 3.40. The van der Waals surface area contributed by atoms with Crippen molar-refractivity contribution >= 4 is 32.9 Å². The van der Waals surface area contributed by atoms with Crippen LogP contribution in [0.3, 0.4) is 0 Å². The molecule has 0 amide bonds. The summed E-state index contributed by atoms with van der Waals surface area (Å²) in [5, 5.41) is 4.52. The SMILES string of the molecule is CCCN(CC)CCNc1cc2nc(C)sc2cc1N. The summed E-state index contributed by atoms with van der Waals surface area (Å²) in [4.78, 5) is 6.96. The fraction of sp³-hybridized carbons (Fsp3) is 0.533. The molecule has 0 aliphatic rings. The quantitative estimate of drug-likeness (QED) is 0.769. The topological polar surface area (TPSA) is 54.2 Å². The van der Waals surface area contributed by atoms with Crippen molar-refractivity contribution in [3.05, 3.63) is 17.1 Å². The summed E-state index contributed by atoms with van der Waals surface area (Å²) in [5.41, 5.74) is 8.94. The highest BCUT2D eigenvalue weighted by molar-refractivity contribution is 7.18. The maximum atomic E-state index is 6.11. The van der Waals surface area contributed by atoms with E-state index >= 15 is 0 Å². The van der Waals surface area contributed by atoms with Gasteiger partial charge in [-0.3, -0.25) is 0 Å². The Balaban J connectivity index is 2.00. The van der Waals surface area contributed by atoms with Gasteiger partial charge in [-0.15, -0.1) is 11.3 Å². The van der Waals surface area contributed by atoms with Crippen molar-refractivity contribution < 1.29 is 0 Å². The molecule has 1 aromatic heterocycles. The Kier molecular flexibility index (Phi) is 5.20. The molecule has 2 aromatic rings. The zero-order chi connectivity index (χ0) is 14.5. The highest BCUT2D eigenvalue weighted by atomic mass is 32.1. The number of thiazole rings is 1. The largest absolute Gasteiger partial charge is 0.397 e. The Morgan fingerprint density at radius 1 is 1.30 bits per heavy atom. The van der Waals surface area contributed by atoms with Crippen molar-refractivity contribution in [1.82, 2.24) is 9.88 Å². The highest BCUT2D eigenvalue weighted by Gasteiger charge is 2.06. The number of aryl methyl sites for hydroxylation is 1. The number of hydrogen-bond acceptors (Lipinski definition) is 5. The predicted octanol–water partition coefficient (Wildman–Crippen LogP) is 3.33. The Morgan fingerprint density at radius 3 is 2.80 bits per heavy atom. The van der Waals surface area contributed by atoms with Crippen LogP contribution in [0.5, 0.6) is 0 Å². The van der Waals surface area contributed by atoms with Crippen molar-refractivity contribution in [2.24, 2.45) is 0 Å². The zero-order valence-corrected chi connectivity index (χ0v) is 13.4. The third kappa shape index (κ3) is 3.61. The zero-order valence-electron chi connectivity index (χ0n) is 12.6. The molecule has 0 spiro atoms. The van der Waals surface area contributed by atoms with Crippen LogP contribution in [-0.4, -0.2) is 36.1 Å². The molecule has 5 heteroatoms. The molecule has 1 aromatic carbocycles. The molecule has 0 aliphatic carbocycles. The summed E-state index contributed by atoms with van der Waals surface area (Å²) < 4.78 is 1.16. The van der Waals surface area contributed by atoms with Crippen LogP contribution in [0.4, 0.5) is 11.4 Å². The van der Waals surface area contributed by atoms with Gasteiger partial charge in [0.15, 0.2) is 0 Å². The van der Waals surface area contributed by atoms with Gasteiger partial charge in [-0.1, -0.05) is 13.8 Å². The van der Waals surface area contributed by atoms with Crippen LogP contribution in [0.15, 0.2) is 12.1 Å². The Labute approximate surface area is 125 Å². The number of fused-ring (bicyclic) bond motifs is 1. The first-order valence-electron chi connectivity index (χ1n) is 7.27. The van der Waals surface area contributed by atoms with Crippen LogP contribution in [0.2, 0.25) is 0 Å². The van der Waals surface area contributed by atoms with E-state index in [1.54, 1.807) is 11.3 Å². The van der Waals surface area contributed by atoms with Gasteiger partial charge in [0.1, 0.15) is 0 Å². The fourth-order valence-electron chi connectivity index (χ4n) is 2.35. The molecule has 1 heterocycles. The maximum Gasteiger partial charge on any atom is 0.0907 e. The molecule has 0 bridgehead atoms. The Morgan fingerprint density at radius 2 is 2.10 bits per heavy atom. The van der Waals surface area contributed by atoms with E-state index in [2.05, 4.69) is 35.1 Å². The number of rotatable bonds is 7. The van der Waals surface area contributed by atoms with Gasteiger partial charge in [0, 0.05) is 13.1 Å². The lowest BCUT2D eigenvalue weighted by atomic mass is 10.2. The lowest BCUT2D eigenvalue weighted by Crippen LogP contribution is -2.29. The molecular formula is C15H24N4S. The molecule has 110 valence electrons. The molecular weight excluding hydrogens is 268 g/mol. The number of hydrogen-bond donors (Lipinski definition) is 2. The van der Waals surface area contributed by atoms with Crippen molar-refractivity contribution in [3.63, 3.8) is 0 Å². The van der Waals surface area contributed by atoms with Crippen LogP contribution in [0.25, 0.3) is 10.2 Å². The second kappa shape index (κ2) is 6.90. The van der Waals surface area contributed by atoms with E-state index in [1.807, 2.05) is 13.0 Å². The molecule has 4 nitrogen and oxygen atoms in total. The first-order valence-corrected chi connectivity index (χ1v) is 8.08. The summed E-state index contributed by atoms with van der Waals surface area (Å²) in [6.07, 6.45) is 1.19. The first-order chi connectivity index (χ1) is 9.63. The molecule has 0 unspecified atom stereocenters. The third-order valence-corrected chi connectivity index (χ3v) is 4.33. The van der Waals surface area contributed by atoms with E-state index in [9.17, 15) is 0 Å². The summed E-state index contributed by atoms with van der Waals surface area (Å²) in [6.45, 7) is 10.6. The highest BCUT2D eigenvalue weighted by Crippen LogP contribution is 2.29. The van der Waals surface area contributed by atoms with Gasteiger partial charge >= 0.3 is 0 Å². The average molecular weight is 292 g/mol. The molecule has 20 heavy (non-hydrogen) atoms. The van der Waals surface area contributed by atoms with Crippen molar-refractivity contribution in [2.45, 2.75) is 27.2 Å². The molecule has 0 saturated heterocycles. The van der Waals surface area contributed by atoms with E-state index in [1.165, 1.54) is 6.42 Å². The molecule has 0 aliphatic heterocycles. The fourth-order valence-corrected chi connectivity index (χ4v) is 3.21. The molecule has 2 rings (SSSR count). The second-order valence-corrected chi connectivity index (χ2v) is 6.24. The second-order valence-electron chi connectivity index (χ2n) is 5.00. The van der Waals surface area contributed by atoms with Crippen LogP contribution in [0, 0.1) is 6.92 Å². The predicted molar refractivity (Wildman–Crippen MR) is 89.7 cm³/mol. The van der Waals surface area contributed by atoms with Gasteiger partial charge in [0.25, 0.3) is 0 Å². The molecule has 3 N–H and O–H groups in total. The summed E-state index contributed by atoms with van der Waals surface area (Å²) in [5.74, 6) is 0. The minimum atomic E-state index is 0.805. The molecule has 0 fully saturated rings. The van der Waals surface area contributed by atoms with E-state index in [0.29, 0.717) is 0 Å². The van der Waals surface area contributed by atoms with Gasteiger partial charge < -0.3 is 16.0 Å². The average Bonchev–Trinajstić information content (AvgIpc) is 2.77. The molecule has 0 saturated carbocycles. The standard InChI is InChI=1S/C15H24N4S/c1-4-7-19(5-2)8-6-17-13-10-14-15(9-12(13)16)20-11(3)18-14/h9-10,17H,4-8,16H2,1-3H3. The van der Waals surface area contributed by atoms with Gasteiger partial charge in [-0.2, -0.15) is 0 Å². The van der Waals surface area contributed by atoms with Crippen LogP contribution in [-0.2, 0) is 0 Å². The van der Waals surface area contributed by atoms with Gasteiger partial charge in [-0.05, 0) is 38.6 Å². The number of likely N-dealkylation sites (N-methyl/N-ethyl adjacent to an activating group) is 1.